The highest BCUT2D eigenvalue weighted by atomic mass is 16.5. The Labute approximate surface area is 177 Å². The predicted molar refractivity (Wildman–Crippen MR) is 126 cm³/mol. The van der Waals surface area contributed by atoms with E-state index in [1.165, 1.54) is 0 Å². The summed E-state index contributed by atoms with van der Waals surface area (Å²) in [7, 11) is 1.67. The SMILES string of the molecule is C=C(Nc1ccccc1C)C1=NN(Cc2ccc(OC)cc2)c2ccccc2C1=C. The lowest BCUT2D eigenvalue weighted by Gasteiger charge is -2.30. The Morgan fingerprint density at radius 1 is 1.00 bits per heavy atom. The van der Waals surface area contributed by atoms with Gasteiger partial charge in [-0.2, -0.15) is 5.10 Å². The van der Waals surface area contributed by atoms with Crippen LogP contribution in [0.4, 0.5) is 11.4 Å². The molecule has 0 atom stereocenters. The van der Waals surface area contributed by atoms with E-state index >= 15 is 0 Å². The fraction of sp³-hybridized carbons (Fsp3) is 0.115. The van der Waals surface area contributed by atoms with Gasteiger partial charge in [0, 0.05) is 16.8 Å². The molecule has 0 saturated carbocycles. The maximum absolute atomic E-state index is 5.27. The molecule has 0 fully saturated rings. The third-order valence-electron chi connectivity index (χ3n) is 5.22. The number of hydrogen-bond acceptors (Lipinski definition) is 4. The Morgan fingerprint density at radius 3 is 2.43 bits per heavy atom. The van der Waals surface area contributed by atoms with Crippen molar-refractivity contribution in [1.82, 2.24) is 0 Å². The maximum Gasteiger partial charge on any atom is 0.118 e. The zero-order valence-electron chi connectivity index (χ0n) is 17.4. The highest BCUT2D eigenvalue weighted by Gasteiger charge is 2.24. The average molecular weight is 396 g/mol. The monoisotopic (exact) mass is 395 g/mol. The number of anilines is 2. The van der Waals surface area contributed by atoms with Crippen LogP contribution in [0.3, 0.4) is 0 Å². The molecule has 0 aliphatic carbocycles. The molecule has 1 aliphatic rings. The van der Waals surface area contributed by atoms with Crippen LogP contribution in [0.25, 0.3) is 5.57 Å². The number of aryl methyl sites for hydroxylation is 1. The van der Waals surface area contributed by atoms with Crippen molar-refractivity contribution in [2.45, 2.75) is 13.5 Å². The Morgan fingerprint density at radius 2 is 1.70 bits per heavy atom. The van der Waals surface area contributed by atoms with Crippen LogP contribution in [0.1, 0.15) is 16.7 Å². The van der Waals surface area contributed by atoms with Crippen molar-refractivity contribution < 1.29 is 4.74 Å². The normalized spacial score (nSPS) is 12.8. The first-order valence-electron chi connectivity index (χ1n) is 9.86. The average Bonchev–Trinajstić information content (AvgIpc) is 2.77. The second-order valence-electron chi connectivity index (χ2n) is 7.27. The molecule has 1 N–H and O–H groups in total. The van der Waals surface area contributed by atoms with Gasteiger partial charge in [-0.05, 0) is 42.3 Å². The van der Waals surface area contributed by atoms with Crippen LogP contribution in [-0.4, -0.2) is 12.8 Å². The minimum Gasteiger partial charge on any atom is -0.497 e. The van der Waals surface area contributed by atoms with E-state index in [1.54, 1.807) is 7.11 Å². The van der Waals surface area contributed by atoms with E-state index in [9.17, 15) is 0 Å². The van der Waals surface area contributed by atoms with E-state index in [0.717, 1.165) is 50.8 Å². The van der Waals surface area contributed by atoms with E-state index in [2.05, 4.69) is 55.7 Å². The first-order chi connectivity index (χ1) is 14.6. The van der Waals surface area contributed by atoms with Gasteiger partial charge >= 0.3 is 0 Å². The molecule has 4 heteroatoms. The number of allylic oxidation sites excluding steroid dienone is 1. The summed E-state index contributed by atoms with van der Waals surface area (Å²) in [5.41, 5.74) is 7.74. The van der Waals surface area contributed by atoms with Gasteiger partial charge in [0.2, 0.25) is 0 Å². The van der Waals surface area contributed by atoms with E-state index in [-0.39, 0.29) is 0 Å². The largest absolute Gasteiger partial charge is 0.497 e. The molecule has 30 heavy (non-hydrogen) atoms. The first kappa shape index (κ1) is 19.5. The first-order valence-corrected chi connectivity index (χ1v) is 9.86. The Hall–Kier alpha value is -3.79. The lowest BCUT2D eigenvalue weighted by Crippen LogP contribution is -2.27. The minimum absolute atomic E-state index is 0.634. The van der Waals surface area contributed by atoms with Gasteiger partial charge in [-0.1, -0.05) is 61.7 Å². The summed E-state index contributed by atoms with van der Waals surface area (Å²) in [5.74, 6) is 0.839. The summed E-state index contributed by atoms with van der Waals surface area (Å²) in [5, 5.41) is 10.3. The number of rotatable bonds is 6. The van der Waals surface area contributed by atoms with Crippen LogP contribution >= 0.6 is 0 Å². The van der Waals surface area contributed by atoms with Crippen LogP contribution in [0, 0.1) is 6.92 Å². The number of para-hydroxylation sites is 2. The molecule has 4 rings (SSSR count). The van der Waals surface area contributed by atoms with Crippen molar-refractivity contribution >= 4 is 22.7 Å². The van der Waals surface area contributed by atoms with E-state index in [4.69, 9.17) is 9.84 Å². The minimum atomic E-state index is 0.634. The van der Waals surface area contributed by atoms with Crippen molar-refractivity contribution in [3.63, 3.8) is 0 Å². The summed E-state index contributed by atoms with van der Waals surface area (Å²) < 4.78 is 5.27. The molecular formula is C26H25N3O. The van der Waals surface area contributed by atoms with Crippen molar-refractivity contribution in [3.8, 4) is 5.75 Å². The maximum atomic E-state index is 5.27. The summed E-state index contributed by atoms with van der Waals surface area (Å²) in [6.07, 6.45) is 0. The number of methoxy groups -OCH3 is 1. The summed E-state index contributed by atoms with van der Waals surface area (Å²) in [4.78, 5) is 0. The van der Waals surface area contributed by atoms with Gasteiger partial charge < -0.3 is 10.1 Å². The van der Waals surface area contributed by atoms with Gasteiger partial charge in [-0.3, -0.25) is 5.01 Å². The number of benzene rings is 3. The molecule has 3 aromatic rings. The fourth-order valence-electron chi connectivity index (χ4n) is 3.52. The Kier molecular flexibility index (Phi) is 5.40. The second-order valence-corrected chi connectivity index (χ2v) is 7.27. The van der Waals surface area contributed by atoms with Gasteiger partial charge in [-0.25, -0.2) is 0 Å². The molecule has 150 valence electrons. The molecule has 0 spiro atoms. The smallest absolute Gasteiger partial charge is 0.118 e. The Balaban J connectivity index is 1.66. The van der Waals surface area contributed by atoms with Crippen LogP contribution < -0.4 is 15.1 Å². The van der Waals surface area contributed by atoms with Crippen molar-refractivity contribution in [2.75, 3.05) is 17.4 Å². The molecular weight excluding hydrogens is 370 g/mol. The summed E-state index contributed by atoms with van der Waals surface area (Å²) >= 11 is 0. The van der Waals surface area contributed by atoms with Crippen LogP contribution in [-0.2, 0) is 6.54 Å². The standard InChI is InChI=1S/C26H25N3O/c1-18-9-5-7-11-24(18)27-20(3)26-19(2)23-10-6-8-12-25(23)29(28-26)17-21-13-15-22(30-4)16-14-21/h5-16,27H,2-3,17H2,1,4H3. The number of hydrogen-bond donors (Lipinski definition) is 1. The van der Waals surface area contributed by atoms with Crippen LogP contribution in [0.2, 0.25) is 0 Å². The lowest BCUT2D eigenvalue weighted by molar-refractivity contribution is 0.414. The van der Waals surface area contributed by atoms with E-state index in [1.807, 2.05) is 47.5 Å². The highest BCUT2D eigenvalue weighted by molar-refractivity contribution is 6.33. The molecule has 1 heterocycles. The zero-order chi connectivity index (χ0) is 21.1. The van der Waals surface area contributed by atoms with Crippen molar-refractivity contribution in [1.29, 1.82) is 0 Å². The quantitative estimate of drug-likeness (QED) is 0.554. The van der Waals surface area contributed by atoms with Gasteiger partial charge in [0.1, 0.15) is 11.5 Å². The predicted octanol–water partition coefficient (Wildman–Crippen LogP) is 6.02. The van der Waals surface area contributed by atoms with Crippen LogP contribution in [0.5, 0.6) is 5.75 Å². The van der Waals surface area contributed by atoms with Gasteiger partial charge in [0.25, 0.3) is 0 Å². The molecule has 3 aromatic carbocycles. The number of ether oxygens (including phenoxy) is 1. The molecule has 0 radical (unpaired) electrons. The number of fused-ring (bicyclic) bond motifs is 1. The Bertz CT molecular complexity index is 1130. The third kappa shape index (κ3) is 3.85. The molecule has 4 nitrogen and oxygen atoms in total. The molecule has 0 bridgehead atoms. The summed E-state index contributed by atoms with van der Waals surface area (Å²) in [6.45, 7) is 11.3. The number of nitrogens with one attached hydrogen (secondary N) is 1. The number of hydrazone groups is 1. The van der Waals surface area contributed by atoms with Crippen molar-refractivity contribution in [2.24, 2.45) is 5.10 Å². The molecule has 0 amide bonds. The highest BCUT2D eigenvalue weighted by Crippen LogP contribution is 2.35. The molecule has 0 saturated heterocycles. The van der Waals surface area contributed by atoms with Crippen LogP contribution in [0.15, 0.2) is 96.8 Å². The van der Waals surface area contributed by atoms with E-state index in [0.29, 0.717) is 6.54 Å². The lowest BCUT2D eigenvalue weighted by atomic mass is 9.97. The molecule has 0 unspecified atom stereocenters. The number of nitrogens with zero attached hydrogens (tertiary/aromatic N) is 2. The molecule has 0 aromatic heterocycles. The summed E-state index contributed by atoms with van der Waals surface area (Å²) in [6, 6.07) is 24.4. The van der Waals surface area contributed by atoms with Gasteiger partial charge in [0.15, 0.2) is 0 Å². The third-order valence-corrected chi connectivity index (χ3v) is 5.22. The fourth-order valence-corrected chi connectivity index (χ4v) is 3.52. The molecule has 1 aliphatic heterocycles. The topological polar surface area (TPSA) is 36.9 Å². The van der Waals surface area contributed by atoms with Gasteiger partial charge in [-0.15, -0.1) is 0 Å². The second kappa shape index (κ2) is 8.29. The van der Waals surface area contributed by atoms with E-state index < -0.39 is 0 Å². The van der Waals surface area contributed by atoms with Gasteiger partial charge in [0.05, 0.1) is 25.0 Å². The zero-order valence-corrected chi connectivity index (χ0v) is 17.4. The van der Waals surface area contributed by atoms with Crippen molar-refractivity contribution in [3.05, 3.63) is 108 Å².